The van der Waals surface area contributed by atoms with Crippen LogP contribution in [0.2, 0.25) is 0 Å². The molecule has 1 aromatic carbocycles. The minimum Gasteiger partial charge on any atom is -0.355 e. The van der Waals surface area contributed by atoms with Gasteiger partial charge in [-0.05, 0) is 5.92 Å². The smallest absolute Gasteiger partial charge is 0.285 e. The molecule has 0 unspecified atom stereocenters. The van der Waals surface area contributed by atoms with Crippen molar-refractivity contribution in [3.8, 4) is 0 Å². The standard InChI is InChI=1S/C14H20F2N2O/c1-11(2)8-18-13(19)9-17-10-14(15,16)12-6-4-3-5-7-12/h3-7,11,17H,8-10H2,1-2H3,(H,18,19). The normalized spacial score (nSPS) is 11.6. The van der Waals surface area contributed by atoms with Crippen molar-refractivity contribution in [2.75, 3.05) is 19.6 Å². The number of alkyl halides is 2. The largest absolute Gasteiger partial charge is 0.355 e. The lowest BCUT2D eigenvalue weighted by molar-refractivity contribution is -0.120. The van der Waals surface area contributed by atoms with Gasteiger partial charge in [-0.2, -0.15) is 8.78 Å². The maximum absolute atomic E-state index is 13.7. The second-order valence-corrected chi connectivity index (χ2v) is 4.87. The first-order valence-electron chi connectivity index (χ1n) is 6.32. The number of rotatable bonds is 7. The highest BCUT2D eigenvalue weighted by Crippen LogP contribution is 2.26. The van der Waals surface area contributed by atoms with Crippen LogP contribution in [0.25, 0.3) is 0 Å². The predicted molar refractivity (Wildman–Crippen MR) is 71.1 cm³/mol. The molecule has 1 rings (SSSR count). The van der Waals surface area contributed by atoms with Gasteiger partial charge >= 0.3 is 0 Å². The maximum atomic E-state index is 13.7. The van der Waals surface area contributed by atoms with Crippen LogP contribution in [0.5, 0.6) is 0 Å². The molecule has 0 aliphatic rings. The van der Waals surface area contributed by atoms with Gasteiger partial charge in [-0.25, -0.2) is 0 Å². The first-order chi connectivity index (χ1) is 8.92. The summed E-state index contributed by atoms with van der Waals surface area (Å²) in [7, 11) is 0. The molecule has 0 aliphatic heterocycles. The van der Waals surface area contributed by atoms with E-state index < -0.39 is 12.5 Å². The Bertz CT molecular complexity index is 394. The van der Waals surface area contributed by atoms with Crippen LogP contribution in [0.1, 0.15) is 19.4 Å². The molecular weight excluding hydrogens is 250 g/mol. The lowest BCUT2D eigenvalue weighted by atomic mass is 10.1. The van der Waals surface area contributed by atoms with Crippen molar-refractivity contribution in [3.63, 3.8) is 0 Å². The van der Waals surface area contributed by atoms with Crippen molar-refractivity contribution in [2.45, 2.75) is 19.8 Å². The van der Waals surface area contributed by atoms with Crippen molar-refractivity contribution in [1.82, 2.24) is 10.6 Å². The second-order valence-electron chi connectivity index (χ2n) is 4.87. The average molecular weight is 270 g/mol. The van der Waals surface area contributed by atoms with E-state index in [2.05, 4.69) is 10.6 Å². The van der Waals surface area contributed by atoms with E-state index in [0.29, 0.717) is 12.5 Å². The summed E-state index contributed by atoms with van der Waals surface area (Å²) >= 11 is 0. The molecule has 3 nitrogen and oxygen atoms in total. The van der Waals surface area contributed by atoms with Crippen LogP contribution in [-0.2, 0) is 10.7 Å². The molecule has 0 spiro atoms. The number of carbonyl (C=O) groups excluding carboxylic acids is 1. The van der Waals surface area contributed by atoms with Gasteiger partial charge in [0, 0.05) is 12.1 Å². The van der Waals surface area contributed by atoms with Crippen LogP contribution in [0.4, 0.5) is 8.78 Å². The lowest BCUT2D eigenvalue weighted by Crippen LogP contribution is -2.39. The van der Waals surface area contributed by atoms with E-state index in [1.807, 2.05) is 13.8 Å². The van der Waals surface area contributed by atoms with Crippen molar-refractivity contribution in [2.24, 2.45) is 5.92 Å². The molecule has 0 aliphatic carbocycles. The number of halogens is 2. The molecule has 19 heavy (non-hydrogen) atoms. The van der Waals surface area contributed by atoms with Crippen molar-refractivity contribution in [3.05, 3.63) is 35.9 Å². The zero-order valence-corrected chi connectivity index (χ0v) is 11.2. The van der Waals surface area contributed by atoms with Crippen LogP contribution in [0, 0.1) is 5.92 Å². The summed E-state index contributed by atoms with van der Waals surface area (Å²) in [5.41, 5.74) is -0.0508. The molecule has 0 radical (unpaired) electrons. The molecule has 1 aromatic rings. The summed E-state index contributed by atoms with van der Waals surface area (Å²) in [4.78, 5) is 11.4. The van der Waals surface area contributed by atoms with Gasteiger partial charge in [0.05, 0.1) is 13.1 Å². The zero-order chi connectivity index (χ0) is 14.3. The quantitative estimate of drug-likeness (QED) is 0.797. The van der Waals surface area contributed by atoms with Gasteiger partial charge in [-0.3, -0.25) is 4.79 Å². The van der Waals surface area contributed by atoms with Gasteiger partial charge in [0.2, 0.25) is 5.91 Å². The van der Waals surface area contributed by atoms with Gasteiger partial charge < -0.3 is 10.6 Å². The molecule has 0 atom stereocenters. The molecule has 5 heteroatoms. The molecule has 0 heterocycles. The molecule has 0 bridgehead atoms. The molecule has 0 fully saturated rings. The third-order valence-electron chi connectivity index (χ3n) is 2.54. The maximum Gasteiger partial charge on any atom is 0.285 e. The molecule has 0 saturated carbocycles. The minimum atomic E-state index is -2.97. The number of hydrogen-bond acceptors (Lipinski definition) is 2. The Morgan fingerprint density at radius 3 is 2.47 bits per heavy atom. The van der Waals surface area contributed by atoms with Crippen LogP contribution < -0.4 is 10.6 Å². The van der Waals surface area contributed by atoms with E-state index in [1.54, 1.807) is 18.2 Å². The zero-order valence-electron chi connectivity index (χ0n) is 11.2. The monoisotopic (exact) mass is 270 g/mol. The van der Waals surface area contributed by atoms with E-state index in [4.69, 9.17) is 0 Å². The highest BCUT2D eigenvalue weighted by Gasteiger charge is 2.30. The molecule has 1 amide bonds. The van der Waals surface area contributed by atoms with Gasteiger partial charge in [-0.15, -0.1) is 0 Å². The van der Waals surface area contributed by atoms with Crippen molar-refractivity contribution < 1.29 is 13.6 Å². The summed E-state index contributed by atoms with van der Waals surface area (Å²) in [6.07, 6.45) is 0. The third-order valence-corrected chi connectivity index (χ3v) is 2.54. The second kappa shape index (κ2) is 7.19. The first kappa shape index (κ1) is 15.6. The summed E-state index contributed by atoms with van der Waals surface area (Å²) in [6, 6.07) is 7.57. The van der Waals surface area contributed by atoms with E-state index in [9.17, 15) is 13.6 Å². The fourth-order valence-corrected chi connectivity index (χ4v) is 1.50. The van der Waals surface area contributed by atoms with E-state index in [-0.39, 0.29) is 18.0 Å². The van der Waals surface area contributed by atoms with Gasteiger partial charge in [0.1, 0.15) is 0 Å². The van der Waals surface area contributed by atoms with Crippen molar-refractivity contribution in [1.29, 1.82) is 0 Å². The fraction of sp³-hybridized carbons (Fsp3) is 0.500. The molecule has 106 valence electrons. The minimum absolute atomic E-state index is 0.0508. The van der Waals surface area contributed by atoms with E-state index >= 15 is 0 Å². The average Bonchev–Trinajstić information content (AvgIpc) is 2.37. The van der Waals surface area contributed by atoms with E-state index in [1.165, 1.54) is 12.1 Å². The van der Waals surface area contributed by atoms with E-state index in [0.717, 1.165) is 0 Å². The number of benzene rings is 1. The van der Waals surface area contributed by atoms with Gasteiger partial charge in [0.25, 0.3) is 5.92 Å². The lowest BCUT2D eigenvalue weighted by Gasteiger charge is -2.17. The predicted octanol–water partition coefficient (Wildman–Crippen LogP) is 2.14. The molecular formula is C14H20F2N2O. The van der Waals surface area contributed by atoms with Gasteiger partial charge in [-0.1, -0.05) is 44.2 Å². The Hall–Kier alpha value is -1.49. The van der Waals surface area contributed by atoms with Crippen LogP contribution in [0.15, 0.2) is 30.3 Å². The van der Waals surface area contributed by atoms with Gasteiger partial charge in [0.15, 0.2) is 0 Å². The highest BCUT2D eigenvalue weighted by molar-refractivity contribution is 5.77. The Morgan fingerprint density at radius 2 is 1.89 bits per heavy atom. The van der Waals surface area contributed by atoms with Crippen LogP contribution >= 0.6 is 0 Å². The third kappa shape index (κ3) is 5.79. The fourth-order valence-electron chi connectivity index (χ4n) is 1.50. The molecule has 0 aromatic heterocycles. The number of carbonyl (C=O) groups is 1. The summed E-state index contributed by atoms with van der Waals surface area (Å²) in [6.45, 7) is 3.84. The van der Waals surface area contributed by atoms with Crippen molar-refractivity contribution >= 4 is 5.91 Å². The summed E-state index contributed by atoms with van der Waals surface area (Å²) in [5, 5.41) is 5.15. The summed E-state index contributed by atoms with van der Waals surface area (Å²) < 4.78 is 27.5. The number of hydrogen-bond donors (Lipinski definition) is 2. The topological polar surface area (TPSA) is 41.1 Å². The number of amides is 1. The molecule has 2 N–H and O–H groups in total. The molecule has 0 saturated heterocycles. The Kier molecular flexibility index (Phi) is 5.89. The Labute approximate surface area is 112 Å². The summed E-state index contributed by atoms with van der Waals surface area (Å²) in [5.74, 6) is -2.90. The van der Waals surface area contributed by atoms with Crippen LogP contribution in [-0.4, -0.2) is 25.5 Å². The van der Waals surface area contributed by atoms with Crippen LogP contribution in [0.3, 0.4) is 0 Å². The Balaban J connectivity index is 2.34. The first-order valence-corrected chi connectivity index (χ1v) is 6.32. The SMILES string of the molecule is CC(C)CNC(=O)CNCC(F)(F)c1ccccc1. The number of nitrogens with one attached hydrogen (secondary N) is 2. The Morgan fingerprint density at radius 1 is 1.26 bits per heavy atom. The highest BCUT2D eigenvalue weighted by atomic mass is 19.3.